The van der Waals surface area contributed by atoms with Crippen molar-refractivity contribution in [3.8, 4) is 11.8 Å². The summed E-state index contributed by atoms with van der Waals surface area (Å²) in [5, 5.41) is 12.5. The summed E-state index contributed by atoms with van der Waals surface area (Å²) in [6.45, 7) is 10.00. The van der Waals surface area contributed by atoms with Crippen LogP contribution in [0.4, 0.5) is 5.69 Å². The number of nitrogens with zero attached hydrogens (tertiary/aromatic N) is 3. The van der Waals surface area contributed by atoms with Crippen molar-refractivity contribution < 1.29 is 9.53 Å². The number of nitriles is 1. The van der Waals surface area contributed by atoms with Crippen LogP contribution in [0.1, 0.15) is 64.0 Å². The largest absolute Gasteiger partial charge is 0.496 e. The lowest BCUT2D eigenvalue weighted by molar-refractivity contribution is -0.120. The van der Waals surface area contributed by atoms with E-state index in [-0.39, 0.29) is 12.0 Å². The molecule has 0 fully saturated rings. The highest BCUT2D eigenvalue weighted by molar-refractivity contribution is 5.87. The first-order chi connectivity index (χ1) is 12.3. The first-order valence-corrected chi connectivity index (χ1v) is 9.02. The molecule has 1 N–H and O–H groups in total. The van der Waals surface area contributed by atoms with Crippen LogP contribution >= 0.6 is 0 Å². The highest BCUT2D eigenvalue weighted by Gasteiger charge is 2.36. The Morgan fingerprint density at radius 2 is 2.27 bits per heavy atom. The number of anilines is 1. The molecule has 6 nitrogen and oxygen atoms in total. The molecular formula is C20H28N4O2. The van der Waals surface area contributed by atoms with Gasteiger partial charge in [-0.1, -0.05) is 13.8 Å². The van der Waals surface area contributed by atoms with Gasteiger partial charge in [0.05, 0.1) is 19.4 Å². The quantitative estimate of drug-likeness (QED) is 0.624. The third-order valence-electron chi connectivity index (χ3n) is 4.82. The van der Waals surface area contributed by atoms with Crippen molar-refractivity contribution in [1.82, 2.24) is 5.43 Å². The normalized spacial score (nSPS) is 18.3. The fourth-order valence-electron chi connectivity index (χ4n) is 3.74. The number of fused-ring (bicyclic) bond motifs is 1. The maximum Gasteiger partial charge on any atom is 0.254 e. The van der Waals surface area contributed by atoms with Gasteiger partial charge < -0.3 is 9.64 Å². The topological polar surface area (TPSA) is 77.7 Å². The SMILES string of the molecule is CCCN1c2cc(OC)c(/C=N\NC(=O)CC#N)cc2C(C)CC1(C)C. The molecule has 0 saturated carbocycles. The van der Waals surface area contributed by atoms with E-state index in [2.05, 4.69) is 55.3 Å². The van der Waals surface area contributed by atoms with Crippen LogP contribution in [0.25, 0.3) is 0 Å². The summed E-state index contributed by atoms with van der Waals surface area (Å²) in [6.07, 6.45) is 3.51. The van der Waals surface area contributed by atoms with Crippen LogP contribution in [0.5, 0.6) is 5.75 Å². The second-order valence-corrected chi connectivity index (χ2v) is 7.35. The van der Waals surface area contributed by atoms with Crippen molar-refractivity contribution in [2.24, 2.45) is 5.10 Å². The van der Waals surface area contributed by atoms with E-state index < -0.39 is 5.91 Å². The minimum absolute atomic E-state index is 0.0916. The van der Waals surface area contributed by atoms with Gasteiger partial charge >= 0.3 is 0 Å². The molecule has 6 heteroatoms. The van der Waals surface area contributed by atoms with Crippen molar-refractivity contribution in [2.45, 2.75) is 58.4 Å². The van der Waals surface area contributed by atoms with Gasteiger partial charge in [0.1, 0.15) is 12.2 Å². The van der Waals surface area contributed by atoms with Gasteiger partial charge in [-0.05, 0) is 44.2 Å². The Hall–Kier alpha value is -2.55. The lowest BCUT2D eigenvalue weighted by Gasteiger charge is -2.47. The first kappa shape index (κ1) is 19.8. The zero-order valence-corrected chi connectivity index (χ0v) is 16.3. The summed E-state index contributed by atoms with van der Waals surface area (Å²) in [5.41, 5.74) is 5.74. The number of methoxy groups -OCH3 is 1. The number of carbonyl (C=O) groups is 1. The van der Waals surface area contributed by atoms with E-state index >= 15 is 0 Å². The van der Waals surface area contributed by atoms with E-state index in [1.54, 1.807) is 19.4 Å². The van der Waals surface area contributed by atoms with Crippen LogP contribution in [0, 0.1) is 11.3 Å². The molecule has 1 aliphatic rings. The van der Waals surface area contributed by atoms with Gasteiger partial charge in [0.15, 0.2) is 0 Å². The molecule has 1 aromatic rings. The van der Waals surface area contributed by atoms with Gasteiger partial charge in [-0.3, -0.25) is 4.79 Å². The molecule has 1 aliphatic heterocycles. The first-order valence-electron chi connectivity index (χ1n) is 9.02. The standard InChI is InChI=1S/C20H28N4O2/c1-6-9-24-17-11-18(26-5)15(13-22-23-19(25)7-8-21)10-16(17)14(2)12-20(24,3)4/h10-11,13-14H,6-7,9,12H2,1-5H3,(H,23,25)/b22-13-. The van der Waals surface area contributed by atoms with Gasteiger partial charge in [0, 0.05) is 29.4 Å². The Labute approximate surface area is 155 Å². The zero-order chi connectivity index (χ0) is 19.3. The number of hydrogen-bond donors (Lipinski definition) is 1. The third kappa shape index (κ3) is 4.16. The zero-order valence-electron chi connectivity index (χ0n) is 16.3. The van der Waals surface area contributed by atoms with Crippen LogP contribution < -0.4 is 15.1 Å². The molecule has 1 atom stereocenters. The summed E-state index contributed by atoms with van der Waals surface area (Å²) in [4.78, 5) is 13.8. The second-order valence-electron chi connectivity index (χ2n) is 7.35. The number of rotatable bonds is 6. The molecule has 1 unspecified atom stereocenters. The molecule has 140 valence electrons. The van der Waals surface area contributed by atoms with Crippen molar-refractivity contribution in [3.05, 3.63) is 23.3 Å². The number of carbonyl (C=O) groups excluding carboxylic acids is 1. The molecule has 0 radical (unpaired) electrons. The van der Waals surface area contributed by atoms with E-state index in [0.29, 0.717) is 11.7 Å². The molecule has 0 spiro atoms. The Bertz CT molecular complexity index is 734. The highest BCUT2D eigenvalue weighted by atomic mass is 16.5. The fraction of sp³-hybridized carbons (Fsp3) is 0.550. The average Bonchev–Trinajstić information content (AvgIpc) is 2.58. The van der Waals surface area contributed by atoms with Gasteiger partial charge in [-0.2, -0.15) is 10.4 Å². The molecule has 0 bridgehead atoms. The smallest absolute Gasteiger partial charge is 0.254 e. The Morgan fingerprint density at radius 3 is 2.88 bits per heavy atom. The molecule has 1 heterocycles. The number of amides is 1. The van der Waals surface area contributed by atoms with Gasteiger partial charge in [0.25, 0.3) is 5.91 Å². The molecule has 26 heavy (non-hydrogen) atoms. The molecule has 0 aliphatic carbocycles. The summed E-state index contributed by atoms with van der Waals surface area (Å²) in [5.74, 6) is 0.706. The van der Waals surface area contributed by atoms with Gasteiger partial charge in [0.2, 0.25) is 0 Å². The Morgan fingerprint density at radius 1 is 1.54 bits per heavy atom. The van der Waals surface area contributed by atoms with E-state index in [9.17, 15) is 4.79 Å². The van der Waals surface area contributed by atoms with E-state index in [1.807, 2.05) is 0 Å². The molecule has 1 aromatic carbocycles. The molecular weight excluding hydrogens is 328 g/mol. The van der Waals surface area contributed by atoms with Crippen LogP contribution in [-0.2, 0) is 4.79 Å². The Balaban J connectivity index is 2.40. The lowest BCUT2D eigenvalue weighted by atomic mass is 9.79. The number of benzene rings is 1. The fourth-order valence-corrected chi connectivity index (χ4v) is 3.74. The van der Waals surface area contributed by atoms with Crippen molar-refractivity contribution in [1.29, 1.82) is 5.26 Å². The van der Waals surface area contributed by atoms with Crippen molar-refractivity contribution in [3.63, 3.8) is 0 Å². The minimum Gasteiger partial charge on any atom is -0.496 e. The minimum atomic E-state index is -0.426. The monoisotopic (exact) mass is 356 g/mol. The van der Waals surface area contributed by atoms with Crippen LogP contribution in [0.3, 0.4) is 0 Å². The highest BCUT2D eigenvalue weighted by Crippen LogP contribution is 2.45. The summed E-state index contributed by atoms with van der Waals surface area (Å²) in [7, 11) is 1.63. The average molecular weight is 356 g/mol. The molecule has 2 rings (SSSR count). The number of nitrogens with one attached hydrogen (secondary N) is 1. The van der Waals surface area contributed by atoms with Crippen molar-refractivity contribution >= 4 is 17.8 Å². The van der Waals surface area contributed by atoms with Crippen LogP contribution in [-0.4, -0.2) is 31.3 Å². The molecule has 0 aromatic heterocycles. The lowest BCUT2D eigenvalue weighted by Crippen LogP contribution is -2.48. The maximum atomic E-state index is 11.4. The van der Waals surface area contributed by atoms with Crippen LogP contribution in [0.15, 0.2) is 17.2 Å². The van der Waals surface area contributed by atoms with Crippen molar-refractivity contribution in [2.75, 3.05) is 18.6 Å². The summed E-state index contributed by atoms with van der Waals surface area (Å²) in [6, 6.07) is 5.96. The molecule has 1 amide bonds. The second kappa shape index (κ2) is 8.22. The third-order valence-corrected chi connectivity index (χ3v) is 4.82. The molecule has 0 saturated heterocycles. The van der Waals surface area contributed by atoms with Gasteiger partial charge in [-0.25, -0.2) is 5.43 Å². The number of ether oxygens (including phenoxy) is 1. The van der Waals surface area contributed by atoms with Crippen LogP contribution in [0.2, 0.25) is 0 Å². The summed E-state index contributed by atoms with van der Waals surface area (Å²) < 4.78 is 5.56. The summed E-state index contributed by atoms with van der Waals surface area (Å²) >= 11 is 0. The number of hydrogen-bond acceptors (Lipinski definition) is 5. The maximum absolute atomic E-state index is 11.4. The van der Waals surface area contributed by atoms with E-state index in [0.717, 1.165) is 24.9 Å². The van der Waals surface area contributed by atoms with E-state index in [1.165, 1.54) is 11.3 Å². The number of hydrazone groups is 1. The predicted molar refractivity (Wildman–Crippen MR) is 104 cm³/mol. The van der Waals surface area contributed by atoms with E-state index in [4.69, 9.17) is 10.00 Å². The Kier molecular flexibility index (Phi) is 6.25. The van der Waals surface area contributed by atoms with Gasteiger partial charge in [-0.15, -0.1) is 0 Å². The predicted octanol–water partition coefficient (Wildman–Crippen LogP) is 3.56.